The van der Waals surface area contributed by atoms with Gasteiger partial charge in [-0.1, -0.05) is 0 Å². The molecule has 0 radical (unpaired) electrons. The summed E-state index contributed by atoms with van der Waals surface area (Å²) in [6.45, 7) is 3.71. The smallest absolute Gasteiger partial charge is 0.260 e. The monoisotopic (exact) mass is 300 g/mol. The molecule has 0 fully saturated rings. The summed E-state index contributed by atoms with van der Waals surface area (Å²) in [6, 6.07) is 3.29. The molecule has 1 amide bonds. The molecular formula is C12H20N4O3S. The van der Waals surface area contributed by atoms with Crippen LogP contribution in [0.5, 0.6) is 0 Å². The number of rotatable bonds is 7. The topological polar surface area (TPSA) is 100 Å². The Labute approximate surface area is 119 Å². The number of nitrogens with one attached hydrogen (secondary N) is 3. The lowest BCUT2D eigenvalue weighted by Gasteiger charge is -2.11. The third kappa shape index (κ3) is 4.78. The first-order chi connectivity index (χ1) is 9.36. The Morgan fingerprint density at radius 1 is 1.40 bits per heavy atom. The Balaban J connectivity index is 2.65. The summed E-state index contributed by atoms with van der Waals surface area (Å²) in [7, 11) is -2.11. The standard InChI is InChI=1S/C12H20N4O3S/c1-9(2)16-11(17)6-8-15-20(18,19)12-10(13-3)5-4-7-14-12/h4-5,7,9,13,15H,6,8H2,1-3H3,(H,16,17). The molecule has 0 aliphatic heterocycles. The Hall–Kier alpha value is -1.67. The van der Waals surface area contributed by atoms with Gasteiger partial charge in [0.1, 0.15) is 0 Å². The van der Waals surface area contributed by atoms with Crippen molar-refractivity contribution in [1.29, 1.82) is 0 Å². The molecule has 0 saturated carbocycles. The fourth-order valence-electron chi connectivity index (χ4n) is 1.56. The fraction of sp³-hybridized carbons (Fsp3) is 0.500. The number of carbonyl (C=O) groups excluding carboxylic acids is 1. The van der Waals surface area contributed by atoms with E-state index in [0.717, 1.165) is 0 Å². The van der Waals surface area contributed by atoms with Crippen LogP contribution in [0.4, 0.5) is 5.69 Å². The van der Waals surface area contributed by atoms with E-state index in [1.54, 1.807) is 19.2 Å². The summed E-state index contributed by atoms with van der Waals surface area (Å²) < 4.78 is 26.5. The largest absolute Gasteiger partial charge is 0.386 e. The molecule has 1 aromatic heterocycles. The molecule has 112 valence electrons. The van der Waals surface area contributed by atoms with E-state index in [-0.39, 0.29) is 29.9 Å². The highest BCUT2D eigenvalue weighted by Gasteiger charge is 2.19. The van der Waals surface area contributed by atoms with Gasteiger partial charge in [0.25, 0.3) is 10.0 Å². The van der Waals surface area contributed by atoms with E-state index >= 15 is 0 Å². The van der Waals surface area contributed by atoms with Crippen molar-refractivity contribution in [2.24, 2.45) is 0 Å². The Morgan fingerprint density at radius 2 is 2.10 bits per heavy atom. The van der Waals surface area contributed by atoms with Crippen molar-refractivity contribution in [1.82, 2.24) is 15.0 Å². The number of aromatic nitrogens is 1. The molecular weight excluding hydrogens is 280 g/mol. The zero-order valence-electron chi connectivity index (χ0n) is 11.8. The molecule has 0 aliphatic carbocycles. The molecule has 0 bridgehead atoms. The maximum atomic E-state index is 12.1. The van der Waals surface area contributed by atoms with E-state index in [4.69, 9.17) is 0 Å². The summed E-state index contributed by atoms with van der Waals surface area (Å²) in [5.74, 6) is -0.197. The molecule has 1 heterocycles. The number of hydrogen-bond acceptors (Lipinski definition) is 5. The van der Waals surface area contributed by atoms with Crippen LogP contribution < -0.4 is 15.4 Å². The first-order valence-corrected chi connectivity index (χ1v) is 7.77. The second kappa shape index (κ2) is 7.20. The van der Waals surface area contributed by atoms with Crippen LogP contribution in [0.25, 0.3) is 0 Å². The molecule has 7 nitrogen and oxygen atoms in total. The van der Waals surface area contributed by atoms with Gasteiger partial charge in [0.2, 0.25) is 5.91 Å². The SMILES string of the molecule is CNc1cccnc1S(=O)(=O)NCCC(=O)NC(C)C. The molecule has 0 atom stereocenters. The van der Waals surface area contributed by atoms with Crippen LogP contribution in [-0.2, 0) is 14.8 Å². The lowest BCUT2D eigenvalue weighted by atomic mass is 10.3. The Kier molecular flexibility index (Phi) is 5.90. The van der Waals surface area contributed by atoms with Crippen molar-refractivity contribution in [2.45, 2.75) is 31.3 Å². The summed E-state index contributed by atoms with van der Waals surface area (Å²) in [4.78, 5) is 15.3. The molecule has 1 rings (SSSR count). The van der Waals surface area contributed by atoms with Crippen molar-refractivity contribution < 1.29 is 13.2 Å². The first kappa shape index (κ1) is 16.4. The molecule has 0 saturated heterocycles. The van der Waals surface area contributed by atoms with Gasteiger partial charge in [0.15, 0.2) is 5.03 Å². The minimum absolute atomic E-state index is 0.0284. The summed E-state index contributed by atoms with van der Waals surface area (Å²) in [5.41, 5.74) is 0.409. The third-order valence-corrected chi connectivity index (χ3v) is 3.81. The van der Waals surface area contributed by atoms with E-state index in [1.165, 1.54) is 6.20 Å². The van der Waals surface area contributed by atoms with Crippen LogP contribution in [0, 0.1) is 0 Å². The van der Waals surface area contributed by atoms with E-state index < -0.39 is 10.0 Å². The minimum Gasteiger partial charge on any atom is -0.386 e. The quantitative estimate of drug-likeness (QED) is 0.673. The highest BCUT2D eigenvalue weighted by atomic mass is 32.2. The number of nitrogens with zero attached hydrogens (tertiary/aromatic N) is 1. The van der Waals surface area contributed by atoms with Gasteiger partial charge in [-0.15, -0.1) is 0 Å². The van der Waals surface area contributed by atoms with Gasteiger partial charge in [-0.05, 0) is 26.0 Å². The molecule has 0 aromatic carbocycles. The molecule has 8 heteroatoms. The van der Waals surface area contributed by atoms with Crippen LogP contribution in [0.1, 0.15) is 20.3 Å². The van der Waals surface area contributed by atoms with Gasteiger partial charge >= 0.3 is 0 Å². The highest BCUT2D eigenvalue weighted by molar-refractivity contribution is 7.89. The predicted octanol–water partition coefficient (Wildman–Crippen LogP) is 0.316. The van der Waals surface area contributed by atoms with E-state index in [0.29, 0.717) is 5.69 Å². The van der Waals surface area contributed by atoms with Gasteiger partial charge in [0, 0.05) is 32.3 Å². The van der Waals surface area contributed by atoms with Crippen molar-refractivity contribution in [3.8, 4) is 0 Å². The zero-order valence-corrected chi connectivity index (χ0v) is 12.6. The molecule has 0 spiro atoms. The van der Waals surface area contributed by atoms with Gasteiger partial charge in [-0.25, -0.2) is 18.1 Å². The number of anilines is 1. The average Bonchev–Trinajstić information content (AvgIpc) is 2.37. The Bertz CT molecular complexity index is 558. The second-order valence-electron chi connectivity index (χ2n) is 4.48. The summed E-state index contributed by atoms with van der Waals surface area (Å²) in [6.07, 6.45) is 1.49. The van der Waals surface area contributed by atoms with E-state index in [2.05, 4.69) is 20.3 Å². The van der Waals surface area contributed by atoms with Gasteiger partial charge in [-0.2, -0.15) is 0 Å². The van der Waals surface area contributed by atoms with E-state index in [9.17, 15) is 13.2 Å². The predicted molar refractivity (Wildman–Crippen MR) is 76.9 cm³/mol. The number of carbonyl (C=O) groups is 1. The van der Waals surface area contributed by atoms with Crippen LogP contribution >= 0.6 is 0 Å². The lowest BCUT2D eigenvalue weighted by Crippen LogP contribution is -2.34. The highest BCUT2D eigenvalue weighted by Crippen LogP contribution is 2.16. The average molecular weight is 300 g/mol. The normalized spacial score (nSPS) is 11.4. The van der Waals surface area contributed by atoms with Crippen molar-refractivity contribution >= 4 is 21.6 Å². The maximum Gasteiger partial charge on any atom is 0.260 e. The summed E-state index contributed by atoms with van der Waals surface area (Å²) >= 11 is 0. The molecule has 0 aliphatic rings. The molecule has 3 N–H and O–H groups in total. The van der Waals surface area contributed by atoms with Gasteiger partial charge < -0.3 is 10.6 Å². The Morgan fingerprint density at radius 3 is 2.70 bits per heavy atom. The summed E-state index contributed by atoms with van der Waals surface area (Å²) in [5, 5.41) is 5.38. The number of hydrogen-bond donors (Lipinski definition) is 3. The van der Waals surface area contributed by atoms with Crippen molar-refractivity contribution in [2.75, 3.05) is 18.9 Å². The minimum atomic E-state index is -3.73. The van der Waals surface area contributed by atoms with Crippen molar-refractivity contribution in [3.63, 3.8) is 0 Å². The molecule has 0 unspecified atom stereocenters. The number of sulfonamides is 1. The van der Waals surface area contributed by atoms with Crippen LogP contribution in [0.15, 0.2) is 23.4 Å². The van der Waals surface area contributed by atoms with E-state index in [1.807, 2.05) is 13.8 Å². The molecule has 20 heavy (non-hydrogen) atoms. The molecule has 1 aromatic rings. The van der Waals surface area contributed by atoms with Crippen molar-refractivity contribution in [3.05, 3.63) is 18.3 Å². The van der Waals surface area contributed by atoms with Gasteiger partial charge in [0.05, 0.1) is 5.69 Å². The number of amides is 1. The van der Waals surface area contributed by atoms with Crippen LogP contribution in [0.2, 0.25) is 0 Å². The maximum absolute atomic E-state index is 12.1. The first-order valence-electron chi connectivity index (χ1n) is 6.28. The van der Waals surface area contributed by atoms with Crippen LogP contribution in [-0.4, -0.2) is 38.9 Å². The number of pyridine rings is 1. The zero-order chi connectivity index (χ0) is 15.2. The second-order valence-corrected chi connectivity index (χ2v) is 6.16. The van der Waals surface area contributed by atoms with Gasteiger partial charge in [-0.3, -0.25) is 4.79 Å². The fourth-order valence-corrected chi connectivity index (χ4v) is 2.72. The third-order valence-electron chi connectivity index (χ3n) is 2.39. The van der Waals surface area contributed by atoms with Crippen LogP contribution in [0.3, 0.4) is 0 Å². The lowest BCUT2D eigenvalue weighted by molar-refractivity contribution is -0.121.